The molecule has 4 rings (SSSR count). The van der Waals surface area contributed by atoms with Crippen LogP contribution in [0.2, 0.25) is 5.15 Å². The molecule has 27 heavy (non-hydrogen) atoms. The van der Waals surface area contributed by atoms with E-state index in [2.05, 4.69) is 15.0 Å². The van der Waals surface area contributed by atoms with Crippen LogP contribution in [0.25, 0.3) is 11.2 Å². The molecule has 3 aromatic rings. The van der Waals surface area contributed by atoms with Crippen LogP contribution < -0.4 is 0 Å². The lowest BCUT2D eigenvalue weighted by Crippen LogP contribution is -2.38. The molecule has 0 N–H and O–H groups in total. The minimum Gasteiger partial charge on any atom is -0.339 e. The van der Waals surface area contributed by atoms with Gasteiger partial charge >= 0.3 is 0 Å². The van der Waals surface area contributed by atoms with E-state index in [9.17, 15) is 4.79 Å². The van der Waals surface area contributed by atoms with Crippen molar-refractivity contribution in [2.75, 3.05) is 7.05 Å². The van der Waals surface area contributed by atoms with Gasteiger partial charge in [-0.25, -0.2) is 15.0 Å². The number of amides is 1. The maximum absolute atomic E-state index is 12.8. The Labute approximate surface area is 163 Å². The first-order valence-corrected chi connectivity index (χ1v) is 9.68. The molecular weight excluding hydrogens is 362 g/mol. The zero-order valence-electron chi connectivity index (χ0n) is 15.3. The maximum atomic E-state index is 12.8. The van der Waals surface area contributed by atoms with Gasteiger partial charge in [-0.3, -0.25) is 4.79 Å². The highest BCUT2D eigenvalue weighted by Gasteiger charge is 2.22. The van der Waals surface area contributed by atoms with Crippen LogP contribution in [0.5, 0.6) is 0 Å². The Morgan fingerprint density at radius 1 is 1.15 bits per heavy atom. The number of carbonyl (C=O) groups is 1. The van der Waals surface area contributed by atoms with Gasteiger partial charge in [-0.2, -0.15) is 0 Å². The molecule has 2 aromatic heterocycles. The molecular formula is C20H22ClN5O. The SMILES string of the molecule is CN(C(=O)c1ccc(Cn2cnc3c(Cl)ncnc32)cc1)C1CCCCC1. The van der Waals surface area contributed by atoms with E-state index < -0.39 is 0 Å². The second-order valence-electron chi connectivity index (χ2n) is 7.11. The van der Waals surface area contributed by atoms with Gasteiger partial charge in [-0.1, -0.05) is 43.0 Å². The molecule has 0 aliphatic heterocycles. The summed E-state index contributed by atoms with van der Waals surface area (Å²) in [6, 6.07) is 8.14. The first-order chi connectivity index (χ1) is 13.1. The summed E-state index contributed by atoms with van der Waals surface area (Å²) in [7, 11) is 1.92. The number of rotatable bonds is 4. The molecule has 1 saturated carbocycles. The summed E-state index contributed by atoms with van der Waals surface area (Å²) in [5.41, 5.74) is 3.10. The molecule has 2 heterocycles. The first-order valence-electron chi connectivity index (χ1n) is 9.31. The molecule has 0 spiro atoms. The van der Waals surface area contributed by atoms with Crippen molar-refractivity contribution in [3.63, 3.8) is 0 Å². The van der Waals surface area contributed by atoms with Crippen LogP contribution >= 0.6 is 11.6 Å². The third-order valence-electron chi connectivity index (χ3n) is 5.35. The molecule has 0 bridgehead atoms. The second kappa shape index (κ2) is 7.64. The Bertz CT molecular complexity index is 947. The van der Waals surface area contributed by atoms with Crippen molar-refractivity contribution >= 4 is 28.7 Å². The van der Waals surface area contributed by atoms with E-state index in [0.29, 0.717) is 28.9 Å². The molecule has 1 fully saturated rings. The fraction of sp³-hybridized carbons (Fsp3) is 0.400. The molecule has 0 saturated heterocycles. The standard InChI is InChI=1S/C20H22ClN5O/c1-25(16-5-3-2-4-6-16)20(27)15-9-7-14(8-10-15)11-26-13-24-17-18(21)22-12-23-19(17)26/h7-10,12-13,16H,2-6,11H2,1H3. The van der Waals surface area contributed by atoms with E-state index in [4.69, 9.17) is 11.6 Å². The number of carbonyl (C=O) groups excluding carboxylic acids is 1. The maximum Gasteiger partial charge on any atom is 0.253 e. The molecule has 140 valence electrons. The molecule has 1 aliphatic rings. The van der Waals surface area contributed by atoms with E-state index in [0.717, 1.165) is 24.0 Å². The number of aromatic nitrogens is 4. The number of halogens is 1. The molecule has 1 aliphatic carbocycles. The van der Waals surface area contributed by atoms with Gasteiger partial charge in [0.1, 0.15) is 11.8 Å². The lowest BCUT2D eigenvalue weighted by Gasteiger charge is -2.31. The quantitative estimate of drug-likeness (QED) is 0.640. The van der Waals surface area contributed by atoms with Crippen molar-refractivity contribution in [3.05, 3.63) is 53.2 Å². The molecule has 0 unspecified atom stereocenters. The fourth-order valence-electron chi connectivity index (χ4n) is 3.76. The Morgan fingerprint density at radius 3 is 2.63 bits per heavy atom. The molecule has 0 radical (unpaired) electrons. The summed E-state index contributed by atoms with van der Waals surface area (Å²) in [6.45, 7) is 0.608. The summed E-state index contributed by atoms with van der Waals surface area (Å²) in [4.78, 5) is 27.2. The van der Waals surface area contributed by atoms with Crippen molar-refractivity contribution in [2.45, 2.75) is 44.7 Å². The van der Waals surface area contributed by atoms with E-state index in [1.807, 2.05) is 40.8 Å². The zero-order chi connectivity index (χ0) is 18.8. The van der Waals surface area contributed by atoms with Crippen molar-refractivity contribution < 1.29 is 4.79 Å². The van der Waals surface area contributed by atoms with E-state index >= 15 is 0 Å². The third-order valence-corrected chi connectivity index (χ3v) is 5.63. The Morgan fingerprint density at radius 2 is 1.89 bits per heavy atom. The van der Waals surface area contributed by atoms with Gasteiger partial charge in [-0.15, -0.1) is 0 Å². The normalized spacial score (nSPS) is 15.2. The number of fused-ring (bicyclic) bond motifs is 1. The first kappa shape index (κ1) is 17.9. The Kier molecular flexibility index (Phi) is 5.07. The topological polar surface area (TPSA) is 63.9 Å². The van der Waals surface area contributed by atoms with Crippen molar-refractivity contribution in [2.24, 2.45) is 0 Å². The molecule has 1 amide bonds. The lowest BCUT2D eigenvalue weighted by atomic mass is 9.94. The van der Waals surface area contributed by atoms with Crippen molar-refractivity contribution in [1.29, 1.82) is 0 Å². The van der Waals surface area contributed by atoms with Gasteiger partial charge in [-0.05, 0) is 30.5 Å². The smallest absolute Gasteiger partial charge is 0.253 e. The summed E-state index contributed by atoms with van der Waals surface area (Å²) in [5, 5.41) is 0.352. The fourth-order valence-corrected chi connectivity index (χ4v) is 3.93. The molecule has 7 heteroatoms. The summed E-state index contributed by atoms with van der Waals surface area (Å²) >= 11 is 6.05. The van der Waals surface area contributed by atoms with Crippen LogP contribution in [0.15, 0.2) is 36.9 Å². The number of hydrogen-bond acceptors (Lipinski definition) is 4. The van der Waals surface area contributed by atoms with Crippen LogP contribution in [-0.4, -0.2) is 43.4 Å². The largest absolute Gasteiger partial charge is 0.339 e. The number of nitrogens with zero attached hydrogens (tertiary/aromatic N) is 5. The highest BCUT2D eigenvalue weighted by atomic mass is 35.5. The van der Waals surface area contributed by atoms with Crippen LogP contribution in [0.4, 0.5) is 0 Å². The number of imidazole rings is 1. The average Bonchev–Trinajstić information content (AvgIpc) is 3.12. The Balaban J connectivity index is 1.48. The van der Waals surface area contributed by atoms with E-state index in [1.54, 1.807) is 6.33 Å². The van der Waals surface area contributed by atoms with Gasteiger partial charge in [0.25, 0.3) is 5.91 Å². The Hall–Kier alpha value is -2.47. The highest BCUT2D eigenvalue weighted by Crippen LogP contribution is 2.23. The van der Waals surface area contributed by atoms with Gasteiger partial charge < -0.3 is 9.47 Å². The molecule has 6 nitrogen and oxygen atoms in total. The summed E-state index contributed by atoms with van der Waals surface area (Å²) < 4.78 is 1.92. The van der Waals surface area contributed by atoms with Crippen molar-refractivity contribution in [1.82, 2.24) is 24.4 Å². The van der Waals surface area contributed by atoms with Gasteiger partial charge in [0.05, 0.1) is 12.9 Å². The lowest BCUT2D eigenvalue weighted by molar-refractivity contribution is 0.0696. The number of benzene rings is 1. The molecule has 1 aromatic carbocycles. The van der Waals surface area contributed by atoms with Gasteiger partial charge in [0, 0.05) is 18.7 Å². The van der Waals surface area contributed by atoms with Crippen LogP contribution in [0, 0.1) is 0 Å². The van der Waals surface area contributed by atoms with Crippen LogP contribution in [-0.2, 0) is 6.54 Å². The van der Waals surface area contributed by atoms with Gasteiger partial charge in [0.2, 0.25) is 0 Å². The highest BCUT2D eigenvalue weighted by molar-refractivity contribution is 6.33. The van der Waals surface area contributed by atoms with Crippen molar-refractivity contribution in [3.8, 4) is 0 Å². The minimum absolute atomic E-state index is 0.0982. The van der Waals surface area contributed by atoms with Crippen LogP contribution in [0.1, 0.15) is 48.0 Å². The second-order valence-corrected chi connectivity index (χ2v) is 7.47. The minimum atomic E-state index is 0.0982. The van der Waals surface area contributed by atoms with Gasteiger partial charge in [0.15, 0.2) is 10.8 Å². The summed E-state index contributed by atoms with van der Waals surface area (Å²) in [5.74, 6) is 0.0982. The van der Waals surface area contributed by atoms with E-state index in [-0.39, 0.29) is 5.91 Å². The average molecular weight is 384 g/mol. The zero-order valence-corrected chi connectivity index (χ0v) is 16.1. The predicted octanol–water partition coefficient (Wildman–Crippen LogP) is 3.93. The van der Waals surface area contributed by atoms with Crippen LogP contribution in [0.3, 0.4) is 0 Å². The van der Waals surface area contributed by atoms with E-state index in [1.165, 1.54) is 25.6 Å². The monoisotopic (exact) mass is 383 g/mol. The summed E-state index contributed by atoms with van der Waals surface area (Å²) in [6.07, 6.45) is 9.08. The molecule has 0 atom stereocenters. The predicted molar refractivity (Wildman–Crippen MR) is 105 cm³/mol. The number of hydrogen-bond donors (Lipinski definition) is 0. The third kappa shape index (κ3) is 3.67.